The first-order chi connectivity index (χ1) is 8.15. The molecule has 0 radical (unpaired) electrons. The summed E-state index contributed by atoms with van der Waals surface area (Å²) >= 11 is 0. The minimum Gasteiger partial charge on any atom is -0.327 e. The lowest BCUT2D eigenvalue weighted by atomic mass is 10.0. The van der Waals surface area contributed by atoms with E-state index in [0.717, 1.165) is 11.4 Å². The van der Waals surface area contributed by atoms with Crippen LogP contribution in [0.2, 0.25) is 0 Å². The zero-order valence-electron chi connectivity index (χ0n) is 9.68. The summed E-state index contributed by atoms with van der Waals surface area (Å²) in [5.74, 6) is 0.613. The molecule has 0 aliphatic carbocycles. The van der Waals surface area contributed by atoms with Crippen LogP contribution in [0.5, 0.6) is 0 Å². The van der Waals surface area contributed by atoms with E-state index in [1.807, 2.05) is 13.1 Å². The number of hydrogen-bond donors (Lipinski definition) is 1. The predicted molar refractivity (Wildman–Crippen MR) is 62.8 cm³/mol. The monoisotopic (exact) mass is 234 g/mol. The van der Waals surface area contributed by atoms with Crippen LogP contribution in [0.1, 0.15) is 11.4 Å². The highest BCUT2D eigenvalue weighted by Crippen LogP contribution is 2.07. The van der Waals surface area contributed by atoms with Crippen LogP contribution < -0.4 is 5.73 Å². The van der Waals surface area contributed by atoms with Crippen molar-refractivity contribution in [3.63, 3.8) is 0 Å². The van der Waals surface area contributed by atoms with Crippen molar-refractivity contribution in [3.05, 3.63) is 47.8 Å². The lowest BCUT2D eigenvalue weighted by Gasteiger charge is -2.10. The summed E-state index contributed by atoms with van der Waals surface area (Å²) in [6.45, 7) is 0. The van der Waals surface area contributed by atoms with Crippen LogP contribution in [-0.4, -0.2) is 20.8 Å². The number of hydrogen-bond acceptors (Lipinski definition) is 3. The lowest BCUT2D eigenvalue weighted by Crippen LogP contribution is -2.27. The summed E-state index contributed by atoms with van der Waals surface area (Å²) in [6.07, 6.45) is 2.77. The number of halogens is 1. The van der Waals surface area contributed by atoms with E-state index in [1.165, 1.54) is 18.5 Å². The van der Waals surface area contributed by atoms with Gasteiger partial charge in [0.2, 0.25) is 0 Å². The zero-order valence-corrected chi connectivity index (χ0v) is 9.68. The van der Waals surface area contributed by atoms with Crippen molar-refractivity contribution in [2.24, 2.45) is 12.8 Å². The van der Waals surface area contributed by atoms with E-state index in [2.05, 4.69) is 10.1 Å². The third kappa shape index (κ3) is 3.10. The van der Waals surface area contributed by atoms with E-state index >= 15 is 0 Å². The molecule has 0 aliphatic heterocycles. The Morgan fingerprint density at radius 1 is 1.41 bits per heavy atom. The molecule has 1 aromatic carbocycles. The molecule has 1 heterocycles. The van der Waals surface area contributed by atoms with Crippen LogP contribution >= 0.6 is 0 Å². The summed E-state index contributed by atoms with van der Waals surface area (Å²) in [6, 6.07) is 6.42. The highest BCUT2D eigenvalue weighted by molar-refractivity contribution is 5.17. The number of nitrogens with zero attached hydrogens (tertiary/aromatic N) is 3. The number of rotatable bonds is 4. The molecule has 4 nitrogen and oxygen atoms in total. The number of aromatic nitrogens is 3. The molecule has 1 unspecified atom stereocenters. The second-order valence-corrected chi connectivity index (χ2v) is 4.10. The van der Waals surface area contributed by atoms with Gasteiger partial charge in [-0.05, 0) is 24.1 Å². The van der Waals surface area contributed by atoms with Crippen molar-refractivity contribution in [1.82, 2.24) is 14.8 Å². The van der Waals surface area contributed by atoms with Crippen molar-refractivity contribution in [3.8, 4) is 0 Å². The van der Waals surface area contributed by atoms with Gasteiger partial charge in [-0.25, -0.2) is 9.37 Å². The SMILES string of the molecule is Cn1ncnc1CC(N)Cc1cccc(F)c1. The molecule has 1 atom stereocenters. The van der Waals surface area contributed by atoms with Gasteiger partial charge in [0.05, 0.1) is 0 Å². The molecular weight excluding hydrogens is 219 g/mol. The minimum absolute atomic E-state index is 0.0836. The van der Waals surface area contributed by atoms with Crippen LogP contribution in [0.3, 0.4) is 0 Å². The van der Waals surface area contributed by atoms with Gasteiger partial charge >= 0.3 is 0 Å². The maximum absolute atomic E-state index is 13.0. The smallest absolute Gasteiger partial charge is 0.138 e. The topological polar surface area (TPSA) is 56.7 Å². The molecule has 0 spiro atoms. The normalized spacial score (nSPS) is 12.6. The van der Waals surface area contributed by atoms with Crippen LogP contribution in [0.25, 0.3) is 0 Å². The molecule has 90 valence electrons. The summed E-state index contributed by atoms with van der Waals surface area (Å²) in [7, 11) is 1.83. The summed E-state index contributed by atoms with van der Waals surface area (Å²) in [5.41, 5.74) is 6.91. The van der Waals surface area contributed by atoms with Crippen molar-refractivity contribution in [2.45, 2.75) is 18.9 Å². The van der Waals surface area contributed by atoms with Gasteiger partial charge in [-0.1, -0.05) is 12.1 Å². The van der Waals surface area contributed by atoms with Gasteiger partial charge in [0, 0.05) is 19.5 Å². The second kappa shape index (κ2) is 5.05. The van der Waals surface area contributed by atoms with E-state index in [0.29, 0.717) is 12.8 Å². The van der Waals surface area contributed by atoms with Gasteiger partial charge in [-0.3, -0.25) is 4.68 Å². The molecule has 5 heteroatoms. The fourth-order valence-electron chi connectivity index (χ4n) is 1.78. The molecule has 2 rings (SSSR count). The molecule has 0 amide bonds. The Balaban J connectivity index is 1.98. The Labute approximate surface area is 99.3 Å². The summed E-state index contributed by atoms with van der Waals surface area (Å²) in [4.78, 5) is 4.11. The van der Waals surface area contributed by atoms with Gasteiger partial charge in [-0.15, -0.1) is 0 Å². The molecule has 0 aliphatic rings. The molecule has 0 saturated carbocycles. The molecule has 2 aromatic rings. The third-order valence-electron chi connectivity index (χ3n) is 2.64. The molecule has 0 bridgehead atoms. The Hall–Kier alpha value is -1.75. The molecule has 0 saturated heterocycles. The Morgan fingerprint density at radius 3 is 2.88 bits per heavy atom. The third-order valence-corrected chi connectivity index (χ3v) is 2.64. The van der Waals surface area contributed by atoms with Gasteiger partial charge in [0.1, 0.15) is 18.0 Å². The van der Waals surface area contributed by atoms with E-state index in [9.17, 15) is 4.39 Å². The molecule has 17 heavy (non-hydrogen) atoms. The fourth-order valence-corrected chi connectivity index (χ4v) is 1.78. The van der Waals surface area contributed by atoms with E-state index in [1.54, 1.807) is 10.7 Å². The highest BCUT2D eigenvalue weighted by atomic mass is 19.1. The van der Waals surface area contributed by atoms with E-state index in [4.69, 9.17) is 5.73 Å². The van der Waals surface area contributed by atoms with E-state index < -0.39 is 0 Å². The molecule has 2 N–H and O–H groups in total. The minimum atomic E-state index is -0.228. The van der Waals surface area contributed by atoms with Crippen molar-refractivity contribution in [1.29, 1.82) is 0 Å². The average molecular weight is 234 g/mol. The zero-order chi connectivity index (χ0) is 12.3. The first-order valence-corrected chi connectivity index (χ1v) is 5.48. The maximum atomic E-state index is 13.0. The Morgan fingerprint density at radius 2 is 2.24 bits per heavy atom. The highest BCUT2D eigenvalue weighted by Gasteiger charge is 2.09. The van der Waals surface area contributed by atoms with Crippen LogP contribution in [0.4, 0.5) is 4.39 Å². The first kappa shape index (κ1) is 11.7. The molecule has 0 fully saturated rings. The first-order valence-electron chi connectivity index (χ1n) is 5.48. The van der Waals surface area contributed by atoms with Gasteiger partial charge in [0.15, 0.2) is 0 Å². The fraction of sp³-hybridized carbons (Fsp3) is 0.333. The van der Waals surface area contributed by atoms with Crippen molar-refractivity contribution < 1.29 is 4.39 Å². The second-order valence-electron chi connectivity index (χ2n) is 4.10. The quantitative estimate of drug-likeness (QED) is 0.860. The van der Waals surface area contributed by atoms with Crippen LogP contribution in [0, 0.1) is 5.82 Å². The Bertz CT molecular complexity index is 495. The van der Waals surface area contributed by atoms with Gasteiger partial charge in [0.25, 0.3) is 0 Å². The van der Waals surface area contributed by atoms with Gasteiger partial charge < -0.3 is 5.73 Å². The number of nitrogens with two attached hydrogens (primary N) is 1. The lowest BCUT2D eigenvalue weighted by molar-refractivity contribution is 0.595. The summed E-state index contributed by atoms with van der Waals surface area (Å²) in [5, 5.41) is 3.98. The van der Waals surface area contributed by atoms with Crippen LogP contribution in [0.15, 0.2) is 30.6 Å². The van der Waals surface area contributed by atoms with Crippen LogP contribution in [-0.2, 0) is 19.9 Å². The average Bonchev–Trinajstić information content (AvgIpc) is 2.64. The number of aryl methyl sites for hydroxylation is 1. The predicted octanol–water partition coefficient (Wildman–Crippen LogP) is 1.07. The van der Waals surface area contributed by atoms with Crippen molar-refractivity contribution >= 4 is 0 Å². The largest absolute Gasteiger partial charge is 0.327 e. The standard InChI is InChI=1S/C12H15FN4/c1-17-12(15-8-16-17)7-11(14)6-9-3-2-4-10(13)5-9/h2-5,8,11H,6-7,14H2,1H3. The Kier molecular flexibility index (Phi) is 3.49. The summed E-state index contributed by atoms with van der Waals surface area (Å²) < 4.78 is 14.7. The van der Waals surface area contributed by atoms with Crippen molar-refractivity contribution in [2.75, 3.05) is 0 Å². The van der Waals surface area contributed by atoms with Gasteiger partial charge in [-0.2, -0.15) is 5.10 Å². The molecule has 1 aromatic heterocycles. The molecular formula is C12H15FN4. The van der Waals surface area contributed by atoms with E-state index in [-0.39, 0.29) is 11.9 Å². The number of benzene rings is 1. The maximum Gasteiger partial charge on any atom is 0.138 e.